The third kappa shape index (κ3) is 5.34. The lowest BCUT2D eigenvalue weighted by Crippen LogP contribution is -2.45. The largest absolute Gasteiger partial charge is 0.416 e. The number of benzene rings is 1. The Morgan fingerprint density at radius 2 is 1.62 bits per heavy atom. The van der Waals surface area contributed by atoms with Crippen LogP contribution >= 0.6 is 0 Å². The van der Waals surface area contributed by atoms with Crippen LogP contribution in [0.4, 0.5) is 30.7 Å². The second-order valence-corrected chi connectivity index (χ2v) is 5.73. The van der Waals surface area contributed by atoms with Crippen LogP contribution in [0.2, 0.25) is 0 Å². The maximum Gasteiger partial charge on any atom is 0.416 e. The number of alkyl halides is 6. The number of hydrogen-bond acceptors (Lipinski definition) is 2. The number of nitrogens with zero attached hydrogens (tertiary/aromatic N) is 1. The third-order valence-electron chi connectivity index (χ3n) is 3.93. The highest BCUT2D eigenvalue weighted by molar-refractivity contribution is 5.29. The van der Waals surface area contributed by atoms with Gasteiger partial charge in [-0.15, -0.1) is 0 Å². The van der Waals surface area contributed by atoms with Crippen molar-refractivity contribution in [2.24, 2.45) is 0 Å². The molecule has 2 nitrogen and oxygen atoms in total. The second-order valence-electron chi connectivity index (χ2n) is 5.73. The quantitative estimate of drug-likeness (QED) is 0.814. The first kappa shape index (κ1) is 19.0. The first-order chi connectivity index (χ1) is 11.1. The molecule has 0 unspecified atom stereocenters. The van der Waals surface area contributed by atoms with Gasteiger partial charge in [0.25, 0.3) is 0 Å². The zero-order valence-corrected chi connectivity index (χ0v) is 12.6. The molecule has 1 heterocycles. The average Bonchev–Trinajstić information content (AvgIpc) is 2.46. The van der Waals surface area contributed by atoms with Crippen LogP contribution in [0.1, 0.15) is 30.0 Å². The fourth-order valence-electron chi connectivity index (χ4n) is 2.82. The minimum atomic E-state index is -4.76. The van der Waals surface area contributed by atoms with E-state index in [1.807, 2.05) is 0 Å². The van der Waals surface area contributed by atoms with E-state index in [1.165, 1.54) is 0 Å². The maximum atomic E-state index is 13.6. The molecule has 1 aliphatic heterocycles. The lowest BCUT2D eigenvalue weighted by atomic mass is 9.97. The molecule has 0 bridgehead atoms. The fraction of sp³-hybridized carbons (Fsp3) is 0.600. The Labute approximate surface area is 134 Å². The van der Waals surface area contributed by atoms with Gasteiger partial charge < -0.3 is 5.32 Å². The lowest BCUT2D eigenvalue weighted by molar-refractivity contribution is -0.140. The summed E-state index contributed by atoms with van der Waals surface area (Å²) in [4.78, 5) is 1.66. The van der Waals surface area contributed by atoms with Gasteiger partial charge in [0.1, 0.15) is 5.82 Å². The van der Waals surface area contributed by atoms with Crippen LogP contribution in [0.3, 0.4) is 0 Å². The molecule has 1 aromatic rings. The van der Waals surface area contributed by atoms with E-state index < -0.39 is 42.6 Å². The van der Waals surface area contributed by atoms with Crippen LogP contribution in [-0.2, 0) is 6.18 Å². The molecule has 0 saturated carbocycles. The van der Waals surface area contributed by atoms with Crippen LogP contribution < -0.4 is 5.32 Å². The maximum absolute atomic E-state index is 13.6. The van der Waals surface area contributed by atoms with Crippen molar-refractivity contribution in [1.82, 2.24) is 10.2 Å². The number of rotatable bonds is 4. The van der Waals surface area contributed by atoms with Crippen molar-refractivity contribution in [3.8, 4) is 0 Å². The van der Waals surface area contributed by atoms with E-state index in [1.54, 1.807) is 4.90 Å². The van der Waals surface area contributed by atoms with E-state index in [9.17, 15) is 30.7 Å². The molecule has 1 N–H and O–H groups in total. The topological polar surface area (TPSA) is 15.3 Å². The number of nitrogens with one attached hydrogen (secondary N) is 1. The van der Waals surface area contributed by atoms with Crippen LogP contribution in [0.25, 0.3) is 0 Å². The normalized spacial score (nSPS) is 18.6. The summed E-state index contributed by atoms with van der Waals surface area (Å²) in [5.41, 5.74) is -1.27. The minimum absolute atomic E-state index is 0.0755. The molecular weight excluding hydrogens is 341 g/mol. The van der Waals surface area contributed by atoms with Crippen LogP contribution in [0, 0.1) is 5.82 Å². The van der Waals surface area contributed by atoms with Crippen molar-refractivity contribution in [3.05, 3.63) is 35.1 Å². The second kappa shape index (κ2) is 7.26. The molecule has 136 valence electrons. The molecule has 1 saturated heterocycles. The highest BCUT2D eigenvalue weighted by Crippen LogP contribution is 2.36. The van der Waals surface area contributed by atoms with Gasteiger partial charge in [0.2, 0.25) is 0 Å². The highest BCUT2D eigenvalue weighted by Gasteiger charge is 2.35. The number of hydrogen-bond donors (Lipinski definition) is 1. The molecule has 24 heavy (non-hydrogen) atoms. The third-order valence-corrected chi connectivity index (χ3v) is 3.93. The predicted molar refractivity (Wildman–Crippen MR) is 73.9 cm³/mol. The Morgan fingerprint density at radius 1 is 1.00 bits per heavy atom. The van der Waals surface area contributed by atoms with Crippen molar-refractivity contribution in [2.45, 2.75) is 31.2 Å². The Kier molecular flexibility index (Phi) is 5.74. The van der Waals surface area contributed by atoms with E-state index in [0.717, 1.165) is 12.1 Å². The Balaban J connectivity index is 2.33. The van der Waals surface area contributed by atoms with Gasteiger partial charge in [-0.2, -0.15) is 26.3 Å². The molecule has 1 atom stereocenters. The summed E-state index contributed by atoms with van der Waals surface area (Å²) in [5, 5.41) is 3.02. The summed E-state index contributed by atoms with van der Waals surface area (Å²) in [6.07, 6.45) is -10.7. The Bertz CT molecular complexity index is 548. The molecule has 0 aromatic heterocycles. The predicted octanol–water partition coefficient (Wildman–Crippen LogP) is 4.13. The lowest BCUT2D eigenvalue weighted by Gasteiger charge is -2.35. The van der Waals surface area contributed by atoms with Gasteiger partial charge in [0, 0.05) is 38.6 Å². The van der Waals surface area contributed by atoms with Gasteiger partial charge in [-0.05, 0) is 30.2 Å². The zero-order valence-electron chi connectivity index (χ0n) is 12.6. The van der Waals surface area contributed by atoms with E-state index in [4.69, 9.17) is 0 Å². The van der Waals surface area contributed by atoms with Crippen molar-refractivity contribution >= 4 is 0 Å². The van der Waals surface area contributed by atoms with E-state index >= 15 is 0 Å². The Hall–Kier alpha value is -1.35. The number of halogens is 7. The van der Waals surface area contributed by atoms with E-state index in [0.29, 0.717) is 32.2 Å². The fourth-order valence-corrected chi connectivity index (χ4v) is 2.82. The monoisotopic (exact) mass is 358 g/mol. The zero-order chi connectivity index (χ0) is 18.0. The molecular formula is C15H17F7N2. The van der Waals surface area contributed by atoms with Gasteiger partial charge >= 0.3 is 12.4 Å². The first-order valence-corrected chi connectivity index (χ1v) is 7.45. The highest BCUT2D eigenvalue weighted by atomic mass is 19.4. The van der Waals surface area contributed by atoms with Crippen molar-refractivity contribution in [1.29, 1.82) is 0 Å². The van der Waals surface area contributed by atoms with Gasteiger partial charge in [0.15, 0.2) is 0 Å². The van der Waals surface area contributed by atoms with Crippen LogP contribution in [0.5, 0.6) is 0 Å². The summed E-state index contributed by atoms with van der Waals surface area (Å²) in [6.45, 7) is 1.81. The van der Waals surface area contributed by atoms with E-state index in [-0.39, 0.29) is 5.56 Å². The van der Waals surface area contributed by atoms with Crippen LogP contribution in [0.15, 0.2) is 18.2 Å². The number of piperazine rings is 1. The molecule has 0 amide bonds. The van der Waals surface area contributed by atoms with Gasteiger partial charge in [-0.1, -0.05) is 0 Å². The molecule has 1 fully saturated rings. The summed E-state index contributed by atoms with van der Waals surface area (Å²) in [5.74, 6) is -1.10. The first-order valence-electron chi connectivity index (χ1n) is 7.45. The average molecular weight is 358 g/mol. The smallest absolute Gasteiger partial charge is 0.314 e. The minimum Gasteiger partial charge on any atom is -0.314 e. The molecule has 1 aromatic carbocycles. The molecule has 0 aliphatic carbocycles. The molecule has 1 aliphatic rings. The molecule has 2 rings (SSSR count). The summed E-state index contributed by atoms with van der Waals surface area (Å²) in [6, 6.07) is 1.07. The van der Waals surface area contributed by atoms with Gasteiger partial charge in [-0.25, -0.2) is 4.39 Å². The van der Waals surface area contributed by atoms with Crippen molar-refractivity contribution in [3.63, 3.8) is 0 Å². The standard InChI is InChI=1S/C15H17F7N2/c16-12-8-10(7-11(9-12)15(20,21)22)13(1-2-14(17,18)19)24-5-3-23-4-6-24/h7-9,13,23H,1-6H2/t13-/m1/s1. The summed E-state index contributed by atoms with van der Waals surface area (Å²) in [7, 11) is 0. The summed E-state index contributed by atoms with van der Waals surface area (Å²) >= 11 is 0. The summed E-state index contributed by atoms with van der Waals surface area (Å²) < 4.78 is 89.9. The molecule has 0 spiro atoms. The molecule has 9 heteroatoms. The Morgan fingerprint density at radius 3 is 2.17 bits per heavy atom. The van der Waals surface area contributed by atoms with Crippen LogP contribution in [-0.4, -0.2) is 37.3 Å². The van der Waals surface area contributed by atoms with Crippen molar-refractivity contribution < 1.29 is 30.7 Å². The SMILES string of the molecule is Fc1cc([C@@H](CCC(F)(F)F)N2CCNCC2)cc(C(F)(F)F)c1. The van der Waals surface area contributed by atoms with Gasteiger partial charge in [-0.3, -0.25) is 4.90 Å². The molecule has 0 radical (unpaired) electrons. The van der Waals surface area contributed by atoms with Gasteiger partial charge in [0.05, 0.1) is 5.56 Å². The van der Waals surface area contributed by atoms with Crippen molar-refractivity contribution in [2.75, 3.05) is 26.2 Å². The van der Waals surface area contributed by atoms with E-state index in [2.05, 4.69) is 5.32 Å².